The number of hydrogen-bond acceptors (Lipinski definition) is 9. The first-order chi connectivity index (χ1) is 20.0. The van der Waals surface area contributed by atoms with Crippen LogP contribution in [0, 0.1) is 11.6 Å². The normalized spacial score (nSPS) is 21.3. The lowest BCUT2D eigenvalue weighted by molar-refractivity contribution is -0.195. The van der Waals surface area contributed by atoms with E-state index in [4.69, 9.17) is 15.2 Å². The first-order valence-corrected chi connectivity index (χ1v) is 12.8. The van der Waals surface area contributed by atoms with E-state index >= 15 is 0 Å². The molecule has 0 radical (unpaired) electrons. The van der Waals surface area contributed by atoms with Gasteiger partial charge in [-0.25, -0.2) is 23.5 Å². The molecule has 2 amide bonds. The number of nitrogens with one attached hydrogen (secondary N) is 1. The molecule has 0 saturated carbocycles. The average Bonchev–Trinajstić information content (AvgIpc) is 2.97. The molecule has 0 unspecified atom stereocenters. The van der Waals surface area contributed by atoms with Crippen molar-refractivity contribution in [3.63, 3.8) is 0 Å². The molecule has 6 N–H and O–H groups in total. The molecule has 4 atom stereocenters. The van der Waals surface area contributed by atoms with Gasteiger partial charge in [-0.1, -0.05) is 0 Å². The lowest BCUT2D eigenvalue weighted by Gasteiger charge is -2.43. The number of fused-ring (bicyclic) bond motifs is 1. The number of nitrogens with zero attached hydrogens (tertiary/aromatic N) is 2. The largest absolute Gasteiger partial charge is 0.481 e. The summed E-state index contributed by atoms with van der Waals surface area (Å²) < 4.78 is 38.8. The highest BCUT2D eigenvalue weighted by molar-refractivity contribution is 5.96. The van der Waals surface area contributed by atoms with Crippen LogP contribution in [0.2, 0.25) is 0 Å². The number of pyridine rings is 2. The highest BCUT2D eigenvalue weighted by Gasteiger charge is 2.51. The second kappa shape index (κ2) is 12.5. The van der Waals surface area contributed by atoms with Gasteiger partial charge in [0.1, 0.15) is 17.3 Å². The SMILES string of the molecule is COc1ccc2nc(C(N)=O)cc([C@]3(C(=O)O)CC[C@@H](NC(=O)/C=C/c4cc(F)ccc4F)[C@@H](C[C@H](O)CO)O3)c2n1. The van der Waals surface area contributed by atoms with Crippen LogP contribution in [0.15, 0.2) is 42.5 Å². The number of hydrogen-bond donors (Lipinski definition) is 5. The molecule has 0 bridgehead atoms. The Labute approximate surface area is 237 Å². The van der Waals surface area contributed by atoms with Crippen LogP contribution in [-0.2, 0) is 19.9 Å². The molecule has 1 aromatic carbocycles. The smallest absolute Gasteiger partial charge is 0.340 e. The maximum absolute atomic E-state index is 14.0. The summed E-state index contributed by atoms with van der Waals surface area (Å²) in [5, 5.41) is 32.8. The average molecular weight is 587 g/mol. The van der Waals surface area contributed by atoms with Crippen LogP contribution >= 0.6 is 0 Å². The summed E-state index contributed by atoms with van der Waals surface area (Å²) in [5.41, 5.74) is 3.05. The summed E-state index contributed by atoms with van der Waals surface area (Å²) in [6.07, 6.45) is -1.01. The summed E-state index contributed by atoms with van der Waals surface area (Å²) in [6, 6.07) is 5.98. The van der Waals surface area contributed by atoms with E-state index in [1.165, 1.54) is 25.3 Å². The van der Waals surface area contributed by atoms with E-state index in [1.54, 1.807) is 0 Å². The number of ether oxygens (including phenoxy) is 2. The van der Waals surface area contributed by atoms with Crippen molar-refractivity contribution in [2.45, 2.75) is 43.1 Å². The van der Waals surface area contributed by atoms with E-state index in [2.05, 4.69) is 15.3 Å². The minimum atomic E-state index is -2.15. The molecule has 42 heavy (non-hydrogen) atoms. The highest BCUT2D eigenvalue weighted by atomic mass is 19.1. The predicted molar refractivity (Wildman–Crippen MR) is 143 cm³/mol. The van der Waals surface area contributed by atoms with Gasteiger partial charge in [0, 0.05) is 29.7 Å². The number of primary amides is 1. The number of methoxy groups -OCH3 is 1. The van der Waals surface area contributed by atoms with Gasteiger partial charge in [0.15, 0.2) is 5.60 Å². The zero-order chi connectivity index (χ0) is 30.6. The molecule has 3 heterocycles. The van der Waals surface area contributed by atoms with Gasteiger partial charge in [0.2, 0.25) is 11.8 Å². The van der Waals surface area contributed by atoms with Crippen molar-refractivity contribution in [1.82, 2.24) is 15.3 Å². The Bertz CT molecular complexity index is 1550. The summed E-state index contributed by atoms with van der Waals surface area (Å²) in [4.78, 5) is 46.2. The Hall–Kier alpha value is -4.53. The van der Waals surface area contributed by atoms with E-state index in [1.807, 2.05) is 0 Å². The van der Waals surface area contributed by atoms with Crippen molar-refractivity contribution >= 4 is 34.9 Å². The quantitative estimate of drug-likeness (QED) is 0.217. The first kappa shape index (κ1) is 30.4. The summed E-state index contributed by atoms with van der Waals surface area (Å²) in [6.45, 7) is -0.678. The number of aliphatic hydroxyl groups excluding tert-OH is 2. The van der Waals surface area contributed by atoms with Crippen molar-refractivity contribution in [3.05, 3.63) is 70.9 Å². The number of carbonyl (C=O) groups excluding carboxylic acids is 2. The molecular formula is C28H28F2N4O8. The number of rotatable bonds is 10. The molecule has 4 rings (SSSR count). The topological polar surface area (TPSA) is 194 Å². The third-order valence-corrected chi connectivity index (χ3v) is 6.89. The van der Waals surface area contributed by atoms with Gasteiger partial charge in [-0.2, -0.15) is 0 Å². The van der Waals surface area contributed by atoms with Crippen LogP contribution in [0.1, 0.15) is 40.9 Å². The Balaban J connectivity index is 1.72. The van der Waals surface area contributed by atoms with Crippen LogP contribution in [0.4, 0.5) is 8.78 Å². The molecule has 1 aliphatic rings. The minimum absolute atomic E-state index is 0.0112. The number of carbonyl (C=O) groups is 3. The Morgan fingerprint density at radius 3 is 2.67 bits per heavy atom. The molecule has 1 fully saturated rings. The van der Waals surface area contributed by atoms with Gasteiger partial charge in [0.05, 0.1) is 43.0 Å². The number of carboxylic acid groups (broad SMARTS) is 1. The number of aromatic nitrogens is 2. The van der Waals surface area contributed by atoms with Gasteiger partial charge >= 0.3 is 5.97 Å². The number of amides is 2. The summed E-state index contributed by atoms with van der Waals surface area (Å²) in [5.74, 6) is -4.42. The van der Waals surface area contributed by atoms with Crippen molar-refractivity contribution < 1.29 is 48.0 Å². The van der Waals surface area contributed by atoms with Crippen LogP contribution < -0.4 is 15.8 Å². The maximum atomic E-state index is 14.0. The molecule has 1 saturated heterocycles. The fraction of sp³-hybridized carbons (Fsp3) is 0.321. The molecule has 12 nitrogen and oxygen atoms in total. The molecule has 0 spiro atoms. The highest BCUT2D eigenvalue weighted by Crippen LogP contribution is 2.42. The second-order valence-corrected chi connectivity index (χ2v) is 9.65. The zero-order valence-electron chi connectivity index (χ0n) is 22.3. The van der Waals surface area contributed by atoms with Crippen molar-refractivity contribution in [1.29, 1.82) is 0 Å². The number of aliphatic carboxylic acids is 1. The Morgan fingerprint density at radius 1 is 1.24 bits per heavy atom. The number of halogens is 2. The summed E-state index contributed by atoms with van der Waals surface area (Å²) >= 11 is 0. The van der Waals surface area contributed by atoms with Gasteiger partial charge in [0.25, 0.3) is 5.91 Å². The Morgan fingerprint density at radius 2 is 2.00 bits per heavy atom. The van der Waals surface area contributed by atoms with Gasteiger partial charge in [-0.15, -0.1) is 0 Å². The third kappa shape index (κ3) is 6.35. The van der Waals surface area contributed by atoms with Crippen molar-refractivity contribution in [2.75, 3.05) is 13.7 Å². The Kier molecular flexibility index (Phi) is 9.09. The predicted octanol–water partition coefficient (Wildman–Crippen LogP) is 1.42. The number of nitrogens with two attached hydrogens (primary N) is 1. The summed E-state index contributed by atoms with van der Waals surface area (Å²) in [7, 11) is 1.36. The van der Waals surface area contributed by atoms with Gasteiger partial charge in [-0.3, -0.25) is 9.59 Å². The fourth-order valence-corrected chi connectivity index (χ4v) is 4.81. The van der Waals surface area contributed by atoms with E-state index in [0.29, 0.717) is 0 Å². The fourth-order valence-electron chi connectivity index (χ4n) is 4.81. The minimum Gasteiger partial charge on any atom is -0.481 e. The third-order valence-electron chi connectivity index (χ3n) is 6.89. The van der Waals surface area contributed by atoms with Crippen LogP contribution in [0.25, 0.3) is 17.1 Å². The molecule has 222 valence electrons. The molecule has 1 aliphatic heterocycles. The van der Waals surface area contributed by atoms with Gasteiger partial charge in [-0.05, 0) is 49.2 Å². The van der Waals surface area contributed by atoms with E-state index in [9.17, 15) is 38.5 Å². The zero-order valence-corrected chi connectivity index (χ0v) is 22.3. The van der Waals surface area contributed by atoms with Crippen LogP contribution in [0.3, 0.4) is 0 Å². The van der Waals surface area contributed by atoms with Crippen molar-refractivity contribution in [2.24, 2.45) is 5.73 Å². The molecular weight excluding hydrogens is 558 g/mol. The van der Waals surface area contributed by atoms with Gasteiger partial charge < -0.3 is 35.8 Å². The molecule has 2 aromatic heterocycles. The lowest BCUT2D eigenvalue weighted by Crippen LogP contribution is -2.56. The molecule has 14 heteroatoms. The number of benzene rings is 1. The van der Waals surface area contributed by atoms with E-state index in [0.717, 1.165) is 30.4 Å². The number of carboxylic acids is 1. The van der Waals surface area contributed by atoms with Crippen molar-refractivity contribution in [3.8, 4) is 5.88 Å². The van der Waals surface area contributed by atoms with Crippen LogP contribution in [0.5, 0.6) is 5.88 Å². The van der Waals surface area contributed by atoms with E-state index in [-0.39, 0.29) is 53.0 Å². The van der Waals surface area contributed by atoms with E-state index < -0.39 is 59.9 Å². The lowest BCUT2D eigenvalue weighted by atomic mass is 9.81. The standard InChI is InChI=1S/C28H28F2N4O8/c1-41-24-7-5-20-25(34-24)17(12-21(32-20)26(31)38)28(27(39)40)9-8-19(22(42-28)11-16(36)13-35)33-23(37)6-2-14-10-15(29)3-4-18(14)30/h2-7,10,12,16,19,22,35-36H,8-9,11,13H2,1H3,(H2,31,38)(H,33,37)(H,39,40)/b6-2+/t16-,19+,22+,28-/m0/s1. The molecule has 3 aromatic rings. The monoisotopic (exact) mass is 586 g/mol. The second-order valence-electron chi connectivity index (χ2n) is 9.65. The number of aliphatic hydroxyl groups is 2. The first-order valence-electron chi connectivity index (χ1n) is 12.8. The molecule has 0 aliphatic carbocycles. The maximum Gasteiger partial charge on any atom is 0.340 e. The van der Waals surface area contributed by atoms with Crippen LogP contribution in [-0.4, -0.2) is 75.0 Å².